The Kier molecular flexibility index (Phi) is 7.69. The molecule has 1 unspecified atom stereocenters. The van der Waals surface area contributed by atoms with Crippen molar-refractivity contribution in [1.82, 2.24) is 9.88 Å². The van der Waals surface area contributed by atoms with Crippen LogP contribution in [0.4, 0.5) is 4.39 Å². The molecule has 3 aromatic carbocycles. The fraction of sp³-hybridized carbons (Fsp3) is 0.147. The van der Waals surface area contributed by atoms with E-state index in [-0.39, 0.29) is 23.7 Å². The number of amides is 2. The molecule has 0 saturated heterocycles. The van der Waals surface area contributed by atoms with E-state index in [1.54, 1.807) is 24.4 Å². The van der Waals surface area contributed by atoms with Crippen LogP contribution in [0.15, 0.2) is 109 Å². The molecule has 4 aromatic rings. The molecule has 2 amide bonds. The van der Waals surface area contributed by atoms with Gasteiger partial charge in [-0.2, -0.15) is 0 Å². The first-order valence-corrected chi connectivity index (χ1v) is 13.2. The molecule has 1 aromatic heterocycles. The number of benzene rings is 3. The molecular weight excluding hydrogens is 503 g/mol. The zero-order chi connectivity index (χ0) is 28.2. The Balaban J connectivity index is 1.72. The van der Waals surface area contributed by atoms with Gasteiger partial charge in [-0.05, 0) is 53.8 Å². The number of allylic oxidation sites excluding steroid dienone is 3. The molecule has 5 nitrogen and oxygen atoms in total. The second kappa shape index (κ2) is 11.5. The minimum absolute atomic E-state index is 0.0152. The highest BCUT2D eigenvalue weighted by Gasteiger charge is 2.42. The molecule has 0 spiro atoms. The molecule has 0 N–H and O–H groups in total. The minimum atomic E-state index is -0.605. The zero-order valence-electron chi connectivity index (χ0n) is 22.4. The van der Waals surface area contributed by atoms with E-state index in [4.69, 9.17) is 4.74 Å². The van der Waals surface area contributed by atoms with Crippen molar-refractivity contribution < 1.29 is 18.7 Å². The van der Waals surface area contributed by atoms with Crippen LogP contribution in [-0.4, -0.2) is 21.7 Å². The molecule has 1 atom stereocenters. The lowest BCUT2D eigenvalue weighted by Gasteiger charge is -2.24. The first-order chi connectivity index (χ1) is 19.5. The maximum Gasteiger partial charge on any atom is 0.265 e. The molecule has 2 heterocycles. The monoisotopic (exact) mass is 532 g/mol. The number of ether oxygens (including phenoxy) is 1. The number of pyridine rings is 1. The second-order valence-electron chi connectivity index (χ2n) is 9.44. The molecule has 0 aliphatic carbocycles. The van der Waals surface area contributed by atoms with Gasteiger partial charge in [0.2, 0.25) is 0 Å². The number of aryl methyl sites for hydroxylation is 1. The molecule has 200 valence electrons. The number of imide groups is 1. The number of halogens is 1. The predicted octanol–water partition coefficient (Wildman–Crippen LogP) is 7.54. The number of fused-ring (bicyclic) bond motifs is 2. The summed E-state index contributed by atoms with van der Waals surface area (Å²) in [5.74, 6) is -0.989. The van der Waals surface area contributed by atoms with Crippen molar-refractivity contribution in [1.29, 1.82) is 0 Å². The summed E-state index contributed by atoms with van der Waals surface area (Å²) in [6.45, 7) is 7.75. The van der Waals surface area contributed by atoms with Crippen molar-refractivity contribution in [2.24, 2.45) is 0 Å². The summed E-state index contributed by atoms with van der Waals surface area (Å²) in [6.07, 6.45) is 8.97. The Morgan fingerprint density at radius 1 is 1.02 bits per heavy atom. The molecule has 6 heteroatoms. The maximum atomic E-state index is 14.0. The van der Waals surface area contributed by atoms with Gasteiger partial charge in [-0.25, -0.2) is 4.39 Å². The van der Waals surface area contributed by atoms with Gasteiger partial charge in [0.05, 0.1) is 17.7 Å². The molecule has 1 aliphatic rings. The van der Waals surface area contributed by atoms with Crippen LogP contribution in [0, 0.1) is 5.82 Å². The third-order valence-corrected chi connectivity index (χ3v) is 6.96. The van der Waals surface area contributed by atoms with Crippen LogP contribution in [0.5, 0.6) is 5.75 Å². The van der Waals surface area contributed by atoms with Crippen molar-refractivity contribution in [3.63, 3.8) is 0 Å². The first kappa shape index (κ1) is 26.8. The van der Waals surface area contributed by atoms with Gasteiger partial charge in [0.25, 0.3) is 11.8 Å². The van der Waals surface area contributed by atoms with E-state index in [0.717, 1.165) is 22.1 Å². The van der Waals surface area contributed by atoms with Crippen molar-refractivity contribution >= 4 is 22.7 Å². The van der Waals surface area contributed by atoms with Crippen LogP contribution < -0.4 is 4.74 Å². The van der Waals surface area contributed by atoms with Gasteiger partial charge in [-0.3, -0.25) is 19.5 Å². The van der Waals surface area contributed by atoms with Crippen molar-refractivity contribution in [2.45, 2.75) is 32.9 Å². The molecule has 40 heavy (non-hydrogen) atoms. The highest BCUT2D eigenvalue weighted by atomic mass is 19.1. The topological polar surface area (TPSA) is 59.5 Å². The normalized spacial score (nSPS) is 14.2. The number of hydrogen-bond donors (Lipinski definition) is 0. The summed E-state index contributed by atoms with van der Waals surface area (Å²) >= 11 is 0. The Hall–Kier alpha value is -4.84. The highest BCUT2D eigenvalue weighted by molar-refractivity contribution is 6.26. The predicted molar refractivity (Wildman–Crippen MR) is 155 cm³/mol. The number of nitrogens with zero attached hydrogens (tertiary/aromatic N) is 2. The summed E-state index contributed by atoms with van der Waals surface area (Å²) in [7, 11) is 0. The smallest absolute Gasteiger partial charge is 0.265 e. The standard InChI is InChI=1S/C34H29FN2O3/c1-4-11-23(12-5-2)31(24-13-8-7-9-14-24)40-32-29-28(26(6-3)27-15-10-20-36-30(27)32)33(38)37(34(29)39)21-22-16-18-25(35)19-17-22/h4-5,7-20,31H,1,6,21H2,2-3H3/b12-5-,23-11+. The van der Waals surface area contributed by atoms with E-state index in [0.29, 0.717) is 23.1 Å². The number of carbonyl (C=O) groups is 2. The summed E-state index contributed by atoms with van der Waals surface area (Å²) in [6, 6.07) is 19.2. The van der Waals surface area contributed by atoms with Gasteiger partial charge >= 0.3 is 0 Å². The zero-order valence-corrected chi connectivity index (χ0v) is 22.4. The number of hydrogen-bond acceptors (Lipinski definition) is 4. The lowest BCUT2D eigenvalue weighted by atomic mass is 9.94. The molecule has 0 radical (unpaired) electrons. The highest BCUT2D eigenvalue weighted by Crippen LogP contribution is 2.43. The van der Waals surface area contributed by atoms with Crippen LogP contribution in [0.3, 0.4) is 0 Å². The molecule has 0 fully saturated rings. The van der Waals surface area contributed by atoms with E-state index in [1.165, 1.54) is 17.0 Å². The molecule has 1 aliphatic heterocycles. The average Bonchev–Trinajstić information content (AvgIpc) is 3.22. The maximum absolute atomic E-state index is 14.0. The molecule has 0 bridgehead atoms. The Morgan fingerprint density at radius 3 is 2.42 bits per heavy atom. The van der Waals surface area contributed by atoms with E-state index in [9.17, 15) is 14.0 Å². The van der Waals surface area contributed by atoms with Crippen LogP contribution in [0.1, 0.15) is 57.4 Å². The minimum Gasteiger partial charge on any atom is -0.478 e. The summed E-state index contributed by atoms with van der Waals surface area (Å²) in [5.41, 5.74) is 4.13. The summed E-state index contributed by atoms with van der Waals surface area (Å²) in [4.78, 5) is 33.7. The van der Waals surface area contributed by atoms with Crippen molar-refractivity contribution in [3.8, 4) is 5.75 Å². The Bertz CT molecular complexity index is 1660. The third kappa shape index (κ3) is 4.84. The van der Waals surface area contributed by atoms with E-state index < -0.39 is 17.9 Å². The van der Waals surface area contributed by atoms with Crippen molar-refractivity contribution in [2.75, 3.05) is 0 Å². The van der Waals surface area contributed by atoms with Gasteiger partial charge in [0.1, 0.15) is 17.4 Å². The van der Waals surface area contributed by atoms with Crippen LogP contribution in [0.25, 0.3) is 10.9 Å². The van der Waals surface area contributed by atoms with Gasteiger partial charge in [0, 0.05) is 11.6 Å². The van der Waals surface area contributed by atoms with E-state index in [2.05, 4.69) is 11.6 Å². The van der Waals surface area contributed by atoms with Crippen LogP contribution in [-0.2, 0) is 13.0 Å². The third-order valence-electron chi connectivity index (χ3n) is 6.96. The quantitative estimate of drug-likeness (QED) is 0.165. The second-order valence-corrected chi connectivity index (χ2v) is 9.44. The molecular formula is C34H29FN2O3. The van der Waals surface area contributed by atoms with Crippen molar-refractivity contribution in [3.05, 3.63) is 143 Å². The fourth-order valence-corrected chi connectivity index (χ4v) is 5.18. The first-order valence-electron chi connectivity index (χ1n) is 13.2. The SMILES string of the molecule is C=C/C=C(\C=C/C)C(Oc1c2c(c(CC)c3cccnc13)C(=O)N(Cc1ccc(F)cc1)C2=O)c1ccccc1. The number of carbonyl (C=O) groups excluding carboxylic acids is 2. The van der Waals surface area contributed by atoms with Crippen LogP contribution in [0.2, 0.25) is 0 Å². The Morgan fingerprint density at radius 2 is 1.75 bits per heavy atom. The molecule has 5 rings (SSSR count). The lowest BCUT2D eigenvalue weighted by Crippen LogP contribution is -2.29. The van der Waals surface area contributed by atoms with Gasteiger partial charge in [-0.15, -0.1) is 0 Å². The summed E-state index contributed by atoms with van der Waals surface area (Å²) < 4.78 is 20.3. The largest absolute Gasteiger partial charge is 0.478 e. The van der Waals surface area contributed by atoms with Gasteiger partial charge in [0.15, 0.2) is 5.75 Å². The molecule has 0 saturated carbocycles. The number of aromatic nitrogens is 1. The van der Waals surface area contributed by atoms with Crippen LogP contribution >= 0.6 is 0 Å². The van der Waals surface area contributed by atoms with Gasteiger partial charge in [-0.1, -0.05) is 86.3 Å². The average molecular weight is 533 g/mol. The van der Waals surface area contributed by atoms with Gasteiger partial charge < -0.3 is 4.74 Å². The van der Waals surface area contributed by atoms with E-state index in [1.807, 2.05) is 74.5 Å². The number of rotatable bonds is 9. The fourth-order valence-electron chi connectivity index (χ4n) is 5.18. The lowest BCUT2D eigenvalue weighted by molar-refractivity contribution is 0.0640. The summed E-state index contributed by atoms with van der Waals surface area (Å²) in [5, 5.41) is 0.760. The van der Waals surface area contributed by atoms with E-state index >= 15 is 0 Å². The Labute approximate surface area is 232 Å².